The minimum Gasteiger partial charge on any atom is -0.493 e. The highest BCUT2D eigenvalue weighted by Gasteiger charge is 2.07. The van der Waals surface area contributed by atoms with Crippen LogP contribution in [0.2, 0.25) is 0 Å². The summed E-state index contributed by atoms with van der Waals surface area (Å²) in [5.74, 6) is -0.513. The second-order valence-corrected chi connectivity index (χ2v) is 3.37. The van der Waals surface area contributed by atoms with Crippen LogP contribution < -0.4 is 9.47 Å². The summed E-state index contributed by atoms with van der Waals surface area (Å²) in [5.41, 5.74) is 0.480. The molecule has 0 unspecified atom stereocenters. The van der Waals surface area contributed by atoms with E-state index < -0.39 is 12.6 Å². The van der Waals surface area contributed by atoms with E-state index in [1.165, 1.54) is 19.3 Å². The standard InChI is InChI=1S/C13H10N2O4/c1-18-11-3-2-9(4-10(6-14)7-15)5-12(11)19-8-13(16)17/h2-5H,8H2,1H3,(H,16,17). The topological polar surface area (TPSA) is 103 Å². The van der Waals surface area contributed by atoms with E-state index in [-0.39, 0.29) is 11.3 Å². The van der Waals surface area contributed by atoms with Crippen molar-refractivity contribution in [1.29, 1.82) is 10.5 Å². The summed E-state index contributed by atoms with van der Waals surface area (Å²) < 4.78 is 10.1. The number of nitriles is 2. The molecule has 6 nitrogen and oxygen atoms in total. The van der Waals surface area contributed by atoms with E-state index >= 15 is 0 Å². The number of nitrogens with zero attached hydrogens (tertiary/aromatic N) is 2. The number of carbonyl (C=O) groups is 1. The monoisotopic (exact) mass is 258 g/mol. The molecule has 1 rings (SSSR count). The molecular formula is C13H10N2O4. The van der Waals surface area contributed by atoms with Crippen LogP contribution in [-0.4, -0.2) is 24.8 Å². The lowest BCUT2D eigenvalue weighted by atomic mass is 10.1. The number of hydrogen-bond donors (Lipinski definition) is 1. The molecule has 0 aliphatic heterocycles. The van der Waals surface area contributed by atoms with Crippen molar-refractivity contribution >= 4 is 12.0 Å². The highest BCUT2D eigenvalue weighted by molar-refractivity contribution is 5.69. The van der Waals surface area contributed by atoms with Crippen LogP contribution in [0.4, 0.5) is 0 Å². The van der Waals surface area contributed by atoms with Gasteiger partial charge in [-0.1, -0.05) is 6.07 Å². The van der Waals surface area contributed by atoms with E-state index in [1.54, 1.807) is 24.3 Å². The molecule has 0 atom stereocenters. The smallest absolute Gasteiger partial charge is 0.341 e. The average molecular weight is 258 g/mol. The third-order valence-electron chi connectivity index (χ3n) is 2.09. The highest BCUT2D eigenvalue weighted by atomic mass is 16.5. The first-order chi connectivity index (χ1) is 9.10. The van der Waals surface area contributed by atoms with Crippen LogP contribution in [0.5, 0.6) is 11.5 Å². The fraction of sp³-hybridized carbons (Fsp3) is 0.154. The molecule has 1 aromatic rings. The predicted molar refractivity (Wildman–Crippen MR) is 65.3 cm³/mol. The van der Waals surface area contributed by atoms with Crippen LogP contribution in [0.25, 0.3) is 6.08 Å². The Kier molecular flexibility index (Phi) is 4.94. The van der Waals surface area contributed by atoms with Gasteiger partial charge in [0, 0.05) is 0 Å². The lowest BCUT2D eigenvalue weighted by Crippen LogP contribution is -2.10. The van der Waals surface area contributed by atoms with Gasteiger partial charge >= 0.3 is 5.97 Å². The van der Waals surface area contributed by atoms with Gasteiger partial charge in [0.25, 0.3) is 0 Å². The van der Waals surface area contributed by atoms with Crippen molar-refractivity contribution in [2.24, 2.45) is 0 Å². The molecule has 0 aromatic heterocycles. The Balaban J connectivity index is 3.09. The molecular weight excluding hydrogens is 248 g/mol. The Morgan fingerprint density at radius 3 is 2.58 bits per heavy atom. The summed E-state index contributed by atoms with van der Waals surface area (Å²) >= 11 is 0. The van der Waals surface area contributed by atoms with Gasteiger partial charge in [-0.25, -0.2) is 4.79 Å². The molecule has 6 heteroatoms. The fourth-order valence-corrected chi connectivity index (χ4v) is 1.29. The third-order valence-corrected chi connectivity index (χ3v) is 2.09. The summed E-state index contributed by atoms with van der Waals surface area (Å²) in [6.07, 6.45) is 1.37. The van der Waals surface area contributed by atoms with Crippen LogP contribution in [0.3, 0.4) is 0 Å². The molecule has 0 fully saturated rings. The molecule has 1 aromatic carbocycles. The van der Waals surface area contributed by atoms with Crippen molar-refractivity contribution in [3.8, 4) is 23.6 Å². The Labute approximate surface area is 109 Å². The summed E-state index contributed by atoms with van der Waals surface area (Å²) in [6.45, 7) is -0.507. The molecule has 1 N–H and O–H groups in total. The number of carboxylic acids is 1. The van der Waals surface area contributed by atoms with Crippen molar-refractivity contribution in [3.63, 3.8) is 0 Å². The third kappa shape index (κ3) is 4.06. The Morgan fingerprint density at radius 2 is 2.05 bits per heavy atom. The second kappa shape index (κ2) is 6.67. The van der Waals surface area contributed by atoms with Gasteiger partial charge < -0.3 is 14.6 Å². The zero-order valence-electron chi connectivity index (χ0n) is 10.1. The van der Waals surface area contributed by atoms with Gasteiger partial charge in [0.05, 0.1) is 7.11 Å². The average Bonchev–Trinajstić information content (AvgIpc) is 2.42. The molecule has 0 amide bonds. The van der Waals surface area contributed by atoms with E-state index in [9.17, 15) is 4.79 Å². The normalized spacial score (nSPS) is 8.79. The minimum atomic E-state index is -1.11. The number of rotatable bonds is 5. The minimum absolute atomic E-state index is 0.0608. The van der Waals surface area contributed by atoms with Gasteiger partial charge in [0.1, 0.15) is 17.7 Å². The number of allylic oxidation sites excluding steroid dienone is 1. The van der Waals surface area contributed by atoms with Crippen molar-refractivity contribution < 1.29 is 19.4 Å². The predicted octanol–water partition coefficient (Wildman–Crippen LogP) is 1.59. The Hall–Kier alpha value is -2.99. The first kappa shape index (κ1) is 14.1. The van der Waals surface area contributed by atoms with Crippen LogP contribution >= 0.6 is 0 Å². The van der Waals surface area contributed by atoms with E-state index in [4.69, 9.17) is 25.1 Å². The molecule has 0 heterocycles. The molecule has 0 saturated heterocycles. The van der Waals surface area contributed by atoms with E-state index in [0.717, 1.165) is 0 Å². The number of carboxylic acid groups (broad SMARTS) is 1. The number of benzene rings is 1. The van der Waals surface area contributed by atoms with Crippen molar-refractivity contribution in [1.82, 2.24) is 0 Å². The Morgan fingerprint density at radius 1 is 1.37 bits per heavy atom. The number of ether oxygens (including phenoxy) is 2. The molecule has 19 heavy (non-hydrogen) atoms. The summed E-state index contributed by atoms with van der Waals surface area (Å²) in [4.78, 5) is 10.5. The lowest BCUT2D eigenvalue weighted by molar-refractivity contribution is -0.139. The van der Waals surface area contributed by atoms with Crippen molar-refractivity contribution in [3.05, 3.63) is 29.3 Å². The maximum absolute atomic E-state index is 10.5. The van der Waals surface area contributed by atoms with Crippen LogP contribution in [0.1, 0.15) is 5.56 Å². The summed E-state index contributed by atoms with van der Waals surface area (Å²) in [6, 6.07) is 8.15. The molecule has 0 spiro atoms. The SMILES string of the molecule is COc1ccc(C=C(C#N)C#N)cc1OCC(=O)O. The maximum atomic E-state index is 10.5. The highest BCUT2D eigenvalue weighted by Crippen LogP contribution is 2.28. The van der Waals surface area contributed by atoms with Crippen LogP contribution in [-0.2, 0) is 4.79 Å². The fourth-order valence-electron chi connectivity index (χ4n) is 1.29. The zero-order valence-corrected chi connectivity index (χ0v) is 10.1. The molecule has 0 aliphatic rings. The molecule has 0 saturated carbocycles. The van der Waals surface area contributed by atoms with Crippen molar-refractivity contribution in [2.75, 3.05) is 13.7 Å². The Bertz CT molecular complexity index is 578. The quantitative estimate of drug-likeness (QED) is 0.804. The van der Waals surface area contributed by atoms with Gasteiger partial charge in [-0.3, -0.25) is 0 Å². The van der Waals surface area contributed by atoms with Gasteiger partial charge in [0.2, 0.25) is 0 Å². The molecule has 0 radical (unpaired) electrons. The zero-order chi connectivity index (χ0) is 14.3. The summed E-state index contributed by atoms with van der Waals surface area (Å²) in [5, 5.41) is 25.9. The molecule has 96 valence electrons. The van der Waals surface area contributed by atoms with Gasteiger partial charge in [-0.15, -0.1) is 0 Å². The van der Waals surface area contributed by atoms with Gasteiger partial charge in [-0.2, -0.15) is 10.5 Å². The first-order valence-corrected chi connectivity index (χ1v) is 5.15. The van der Waals surface area contributed by atoms with E-state index in [2.05, 4.69) is 0 Å². The van der Waals surface area contributed by atoms with Crippen LogP contribution in [0.15, 0.2) is 23.8 Å². The number of aliphatic carboxylic acids is 1. The van der Waals surface area contributed by atoms with Crippen LogP contribution in [0, 0.1) is 22.7 Å². The number of hydrogen-bond acceptors (Lipinski definition) is 5. The van der Waals surface area contributed by atoms with E-state index in [1.807, 2.05) is 0 Å². The molecule has 0 bridgehead atoms. The lowest BCUT2D eigenvalue weighted by Gasteiger charge is -2.09. The summed E-state index contributed by atoms with van der Waals surface area (Å²) in [7, 11) is 1.43. The molecule has 0 aliphatic carbocycles. The van der Waals surface area contributed by atoms with E-state index in [0.29, 0.717) is 11.3 Å². The second-order valence-electron chi connectivity index (χ2n) is 3.37. The van der Waals surface area contributed by atoms with Gasteiger partial charge in [-0.05, 0) is 23.8 Å². The maximum Gasteiger partial charge on any atom is 0.341 e. The largest absolute Gasteiger partial charge is 0.493 e. The first-order valence-electron chi connectivity index (χ1n) is 5.15. The number of methoxy groups -OCH3 is 1. The van der Waals surface area contributed by atoms with Gasteiger partial charge in [0.15, 0.2) is 18.1 Å². The van der Waals surface area contributed by atoms with Crippen molar-refractivity contribution in [2.45, 2.75) is 0 Å².